The molecule has 2 N–H and O–H groups in total. The van der Waals surface area contributed by atoms with Crippen LogP contribution in [-0.4, -0.2) is 17.0 Å². The van der Waals surface area contributed by atoms with Crippen molar-refractivity contribution in [3.63, 3.8) is 0 Å². The van der Waals surface area contributed by atoms with Crippen LogP contribution >= 0.6 is 0 Å². The molecular formula is C17H17N3O2. The first-order valence-corrected chi connectivity index (χ1v) is 7.10. The normalized spacial score (nSPS) is 10.8. The number of anilines is 1. The minimum atomic E-state index is -0.375. The summed E-state index contributed by atoms with van der Waals surface area (Å²) < 4.78 is 0. The third-order valence-corrected chi connectivity index (χ3v) is 3.98. The van der Waals surface area contributed by atoms with Gasteiger partial charge in [0.1, 0.15) is 0 Å². The molecule has 5 heteroatoms. The van der Waals surface area contributed by atoms with Gasteiger partial charge in [0.25, 0.3) is 5.69 Å². The van der Waals surface area contributed by atoms with Crippen molar-refractivity contribution in [2.24, 2.45) is 0 Å². The van der Waals surface area contributed by atoms with Gasteiger partial charge in [-0.3, -0.25) is 10.1 Å². The SMILES string of the molecule is CNc1ccc(C)c(Cc2c[nH]c3cc([N+](=O)[O-])ccc23)c1. The summed E-state index contributed by atoms with van der Waals surface area (Å²) in [7, 11) is 1.90. The van der Waals surface area contributed by atoms with Gasteiger partial charge in [0.05, 0.1) is 10.4 Å². The smallest absolute Gasteiger partial charge is 0.271 e. The average Bonchev–Trinajstić information content (AvgIpc) is 2.91. The van der Waals surface area contributed by atoms with E-state index in [9.17, 15) is 10.1 Å². The van der Waals surface area contributed by atoms with Crippen LogP contribution in [0.3, 0.4) is 0 Å². The van der Waals surface area contributed by atoms with Gasteiger partial charge in [-0.15, -0.1) is 0 Å². The lowest BCUT2D eigenvalue weighted by molar-refractivity contribution is -0.384. The van der Waals surface area contributed by atoms with E-state index in [-0.39, 0.29) is 10.6 Å². The second-order valence-electron chi connectivity index (χ2n) is 5.37. The Morgan fingerprint density at radius 1 is 1.18 bits per heavy atom. The topological polar surface area (TPSA) is 71.0 Å². The minimum absolute atomic E-state index is 0.106. The number of benzene rings is 2. The maximum Gasteiger partial charge on any atom is 0.271 e. The van der Waals surface area contributed by atoms with Crippen LogP contribution in [-0.2, 0) is 6.42 Å². The number of nitro groups is 1. The van der Waals surface area contributed by atoms with Gasteiger partial charge in [-0.1, -0.05) is 6.07 Å². The number of H-pyrrole nitrogens is 1. The van der Waals surface area contributed by atoms with Crippen LogP contribution < -0.4 is 5.32 Å². The van der Waals surface area contributed by atoms with E-state index in [2.05, 4.69) is 35.4 Å². The fourth-order valence-corrected chi connectivity index (χ4v) is 2.66. The van der Waals surface area contributed by atoms with Crippen molar-refractivity contribution >= 4 is 22.3 Å². The van der Waals surface area contributed by atoms with E-state index in [1.807, 2.05) is 19.3 Å². The number of aromatic nitrogens is 1. The van der Waals surface area contributed by atoms with Crippen molar-refractivity contribution in [1.82, 2.24) is 4.98 Å². The Labute approximate surface area is 128 Å². The standard InChI is InChI=1S/C17H17N3O2/c1-11-3-4-14(18-2)8-12(11)7-13-10-19-17-9-15(20(21)22)5-6-16(13)17/h3-6,8-10,18-19H,7H2,1-2H3. The van der Waals surface area contributed by atoms with Crippen molar-refractivity contribution in [1.29, 1.82) is 0 Å². The number of nitrogens with one attached hydrogen (secondary N) is 2. The van der Waals surface area contributed by atoms with Crippen LogP contribution in [0, 0.1) is 17.0 Å². The third-order valence-electron chi connectivity index (χ3n) is 3.98. The molecule has 0 fully saturated rings. The van der Waals surface area contributed by atoms with Crippen LogP contribution in [0.5, 0.6) is 0 Å². The van der Waals surface area contributed by atoms with Crippen molar-refractivity contribution in [2.75, 3.05) is 12.4 Å². The summed E-state index contributed by atoms with van der Waals surface area (Å²) in [5.74, 6) is 0. The maximum atomic E-state index is 10.8. The molecule has 2 aromatic carbocycles. The van der Waals surface area contributed by atoms with Crippen molar-refractivity contribution in [3.8, 4) is 0 Å². The number of fused-ring (bicyclic) bond motifs is 1. The highest BCUT2D eigenvalue weighted by Crippen LogP contribution is 2.26. The first kappa shape index (κ1) is 14.1. The first-order valence-electron chi connectivity index (χ1n) is 7.10. The Morgan fingerprint density at radius 2 is 2.00 bits per heavy atom. The van der Waals surface area contributed by atoms with Gasteiger partial charge in [-0.25, -0.2) is 0 Å². The number of nitrogens with zero attached hydrogens (tertiary/aromatic N) is 1. The molecule has 112 valence electrons. The lowest BCUT2D eigenvalue weighted by Crippen LogP contribution is -1.95. The fraction of sp³-hybridized carbons (Fsp3) is 0.176. The van der Waals surface area contributed by atoms with E-state index in [1.165, 1.54) is 11.1 Å². The van der Waals surface area contributed by atoms with Gasteiger partial charge >= 0.3 is 0 Å². The number of hydrogen-bond donors (Lipinski definition) is 2. The van der Waals surface area contributed by atoms with E-state index in [0.29, 0.717) is 0 Å². The molecule has 0 spiro atoms. The molecule has 0 amide bonds. The lowest BCUT2D eigenvalue weighted by Gasteiger charge is -2.08. The van der Waals surface area contributed by atoms with Crippen LogP contribution in [0.25, 0.3) is 10.9 Å². The molecule has 3 aromatic rings. The number of rotatable bonds is 4. The Morgan fingerprint density at radius 3 is 2.73 bits per heavy atom. The van der Waals surface area contributed by atoms with Crippen molar-refractivity contribution in [2.45, 2.75) is 13.3 Å². The zero-order valence-electron chi connectivity index (χ0n) is 12.5. The number of non-ortho nitro benzene ring substituents is 1. The summed E-state index contributed by atoms with van der Waals surface area (Å²) in [5.41, 5.74) is 5.60. The van der Waals surface area contributed by atoms with E-state index < -0.39 is 0 Å². The van der Waals surface area contributed by atoms with E-state index >= 15 is 0 Å². The molecule has 3 rings (SSSR count). The van der Waals surface area contributed by atoms with Gasteiger partial charge in [-0.05, 0) is 48.2 Å². The number of aromatic amines is 1. The summed E-state index contributed by atoms with van der Waals surface area (Å²) >= 11 is 0. The van der Waals surface area contributed by atoms with Gasteiger partial charge in [0, 0.05) is 36.5 Å². The Kier molecular flexibility index (Phi) is 3.55. The third kappa shape index (κ3) is 2.53. The largest absolute Gasteiger partial charge is 0.388 e. The zero-order valence-corrected chi connectivity index (χ0v) is 12.5. The van der Waals surface area contributed by atoms with Gasteiger partial charge < -0.3 is 10.3 Å². The van der Waals surface area contributed by atoms with E-state index in [0.717, 1.165) is 28.6 Å². The molecule has 5 nitrogen and oxygen atoms in total. The number of nitro benzene ring substituents is 1. The summed E-state index contributed by atoms with van der Waals surface area (Å²) in [4.78, 5) is 13.6. The average molecular weight is 295 g/mol. The quantitative estimate of drug-likeness (QED) is 0.564. The molecule has 0 aliphatic heterocycles. The van der Waals surface area contributed by atoms with Gasteiger partial charge in [-0.2, -0.15) is 0 Å². The molecule has 0 saturated carbocycles. The monoisotopic (exact) mass is 295 g/mol. The minimum Gasteiger partial charge on any atom is -0.388 e. The Balaban J connectivity index is 1.99. The second-order valence-corrected chi connectivity index (χ2v) is 5.37. The van der Waals surface area contributed by atoms with E-state index in [4.69, 9.17) is 0 Å². The molecule has 22 heavy (non-hydrogen) atoms. The molecule has 0 aliphatic rings. The van der Waals surface area contributed by atoms with Gasteiger partial charge in [0.15, 0.2) is 0 Å². The number of aryl methyl sites for hydroxylation is 1. The molecular weight excluding hydrogens is 278 g/mol. The molecule has 0 radical (unpaired) electrons. The summed E-state index contributed by atoms with van der Waals surface area (Å²) in [6.45, 7) is 2.09. The van der Waals surface area contributed by atoms with Crippen molar-refractivity contribution in [3.05, 3.63) is 69.4 Å². The molecule has 0 atom stereocenters. The molecule has 1 aromatic heterocycles. The van der Waals surface area contributed by atoms with Crippen LogP contribution in [0.4, 0.5) is 11.4 Å². The highest BCUT2D eigenvalue weighted by atomic mass is 16.6. The number of hydrogen-bond acceptors (Lipinski definition) is 3. The van der Waals surface area contributed by atoms with Crippen molar-refractivity contribution < 1.29 is 4.92 Å². The molecule has 0 bridgehead atoms. The first-order chi connectivity index (χ1) is 10.6. The van der Waals surface area contributed by atoms with Crippen LogP contribution in [0.15, 0.2) is 42.6 Å². The highest BCUT2D eigenvalue weighted by Gasteiger charge is 2.11. The molecule has 0 aliphatic carbocycles. The van der Waals surface area contributed by atoms with Gasteiger partial charge in [0.2, 0.25) is 0 Å². The molecule has 1 heterocycles. The maximum absolute atomic E-state index is 10.8. The van der Waals surface area contributed by atoms with Crippen LogP contribution in [0.1, 0.15) is 16.7 Å². The predicted molar refractivity (Wildman–Crippen MR) is 88.5 cm³/mol. The summed E-state index contributed by atoms with van der Waals surface area (Å²) in [6.07, 6.45) is 2.72. The lowest BCUT2D eigenvalue weighted by atomic mass is 9.99. The second kappa shape index (κ2) is 5.52. The molecule has 0 saturated heterocycles. The fourth-order valence-electron chi connectivity index (χ4n) is 2.66. The highest BCUT2D eigenvalue weighted by molar-refractivity contribution is 5.85. The van der Waals surface area contributed by atoms with E-state index in [1.54, 1.807) is 12.1 Å². The zero-order chi connectivity index (χ0) is 15.7. The Hall–Kier alpha value is -2.82. The molecule has 0 unspecified atom stereocenters. The predicted octanol–water partition coefficient (Wildman–Crippen LogP) is 4.02. The summed E-state index contributed by atoms with van der Waals surface area (Å²) in [6, 6.07) is 11.2. The van der Waals surface area contributed by atoms with Crippen LogP contribution in [0.2, 0.25) is 0 Å². The Bertz CT molecular complexity index is 852. The summed E-state index contributed by atoms with van der Waals surface area (Å²) in [5, 5.41) is 15.0.